The van der Waals surface area contributed by atoms with Gasteiger partial charge in [0.2, 0.25) is 0 Å². The highest BCUT2D eigenvalue weighted by Crippen LogP contribution is 2.25. The zero-order chi connectivity index (χ0) is 14.8. The molecule has 0 aromatic heterocycles. The van der Waals surface area contributed by atoms with Crippen LogP contribution in [-0.2, 0) is 14.9 Å². The molecule has 118 valence electrons. The molecule has 1 N–H and O–H groups in total. The van der Waals surface area contributed by atoms with Crippen LogP contribution in [0.2, 0.25) is 0 Å². The van der Waals surface area contributed by atoms with Crippen molar-refractivity contribution in [2.75, 3.05) is 13.7 Å². The van der Waals surface area contributed by atoms with Crippen molar-refractivity contribution in [3.8, 4) is 5.75 Å². The van der Waals surface area contributed by atoms with Crippen molar-refractivity contribution in [3.05, 3.63) is 29.8 Å². The molecule has 0 spiro atoms. The molecule has 1 aromatic rings. The van der Waals surface area contributed by atoms with E-state index in [-0.39, 0.29) is 35.9 Å². The first-order valence-electron chi connectivity index (χ1n) is 6.98. The predicted octanol–water partition coefficient (Wildman–Crippen LogP) is 2.69. The molecule has 21 heavy (non-hydrogen) atoms. The third-order valence-corrected chi connectivity index (χ3v) is 3.60. The zero-order valence-electron chi connectivity index (χ0n) is 13.0. The Morgan fingerprint density at radius 2 is 1.86 bits per heavy atom. The van der Waals surface area contributed by atoms with E-state index in [0.29, 0.717) is 13.0 Å². The van der Waals surface area contributed by atoms with Crippen molar-refractivity contribution in [1.29, 1.82) is 0 Å². The normalized spacial score (nSPS) is 21.5. The van der Waals surface area contributed by atoms with Crippen molar-refractivity contribution in [2.24, 2.45) is 0 Å². The molecule has 0 amide bonds. The average Bonchev–Trinajstić information content (AvgIpc) is 2.86. The molecule has 1 heterocycles. The van der Waals surface area contributed by atoms with E-state index in [0.717, 1.165) is 5.75 Å². The predicted molar refractivity (Wildman–Crippen MR) is 85.2 cm³/mol. The van der Waals surface area contributed by atoms with E-state index in [1.807, 2.05) is 12.1 Å². The second-order valence-electron chi connectivity index (χ2n) is 6.23. The summed E-state index contributed by atoms with van der Waals surface area (Å²) in [6.07, 6.45) is 0.660. The lowest BCUT2D eigenvalue weighted by atomic mass is 9.87. The maximum absolute atomic E-state index is 11.4. The Kier molecular flexibility index (Phi) is 6.05. The summed E-state index contributed by atoms with van der Waals surface area (Å²) in [6, 6.07) is 7.92. The average molecular weight is 314 g/mol. The summed E-state index contributed by atoms with van der Waals surface area (Å²) in [4.78, 5) is 11.4. The van der Waals surface area contributed by atoms with Crippen LogP contribution in [0.5, 0.6) is 5.75 Å². The van der Waals surface area contributed by atoms with Crippen LogP contribution < -0.4 is 10.1 Å². The molecule has 0 aliphatic carbocycles. The van der Waals surface area contributed by atoms with Crippen LogP contribution in [0.25, 0.3) is 0 Å². The van der Waals surface area contributed by atoms with Gasteiger partial charge in [-0.15, -0.1) is 12.4 Å². The number of hydrogen-bond donors (Lipinski definition) is 1. The minimum Gasteiger partial charge on any atom is -0.489 e. The Balaban J connectivity index is 0.00000220. The van der Waals surface area contributed by atoms with Gasteiger partial charge >= 0.3 is 5.97 Å². The molecule has 1 aliphatic rings. The molecule has 2 atom stereocenters. The molecular formula is C16H24ClNO3. The lowest BCUT2D eigenvalue weighted by molar-refractivity contribution is -0.142. The molecule has 0 unspecified atom stereocenters. The van der Waals surface area contributed by atoms with Crippen LogP contribution in [0.15, 0.2) is 24.3 Å². The fourth-order valence-corrected chi connectivity index (χ4v) is 2.34. The number of carbonyl (C=O) groups excluding carboxylic acids is 1. The number of rotatable bonds is 3. The molecule has 0 saturated carbocycles. The third kappa shape index (κ3) is 4.61. The molecule has 0 bridgehead atoms. The monoisotopic (exact) mass is 313 g/mol. The molecule has 0 radical (unpaired) electrons. The Hall–Kier alpha value is -1.26. The Bertz CT molecular complexity index is 467. The van der Waals surface area contributed by atoms with Crippen molar-refractivity contribution < 1.29 is 14.3 Å². The van der Waals surface area contributed by atoms with Gasteiger partial charge in [0.1, 0.15) is 17.9 Å². The number of esters is 1. The van der Waals surface area contributed by atoms with E-state index in [1.54, 1.807) is 0 Å². The summed E-state index contributed by atoms with van der Waals surface area (Å²) in [7, 11) is 1.41. The van der Waals surface area contributed by atoms with Gasteiger partial charge in [0, 0.05) is 13.0 Å². The highest BCUT2D eigenvalue weighted by molar-refractivity contribution is 5.85. The molecular weight excluding hydrogens is 290 g/mol. The van der Waals surface area contributed by atoms with E-state index in [1.165, 1.54) is 12.7 Å². The first-order chi connectivity index (χ1) is 9.40. The highest BCUT2D eigenvalue weighted by atomic mass is 35.5. The molecule has 1 aliphatic heterocycles. The van der Waals surface area contributed by atoms with Gasteiger partial charge in [0.15, 0.2) is 0 Å². The van der Waals surface area contributed by atoms with Gasteiger partial charge in [-0.2, -0.15) is 0 Å². The van der Waals surface area contributed by atoms with Crippen LogP contribution in [0, 0.1) is 0 Å². The van der Waals surface area contributed by atoms with E-state index in [4.69, 9.17) is 9.47 Å². The first kappa shape index (κ1) is 17.8. The largest absolute Gasteiger partial charge is 0.489 e. The van der Waals surface area contributed by atoms with Gasteiger partial charge in [-0.25, -0.2) is 0 Å². The van der Waals surface area contributed by atoms with Crippen LogP contribution >= 0.6 is 12.4 Å². The minimum atomic E-state index is -0.251. The number of nitrogens with one attached hydrogen (secondary N) is 1. The smallest absolute Gasteiger partial charge is 0.323 e. The fourth-order valence-electron chi connectivity index (χ4n) is 2.34. The fraction of sp³-hybridized carbons (Fsp3) is 0.562. The quantitative estimate of drug-likeness (QED) is 0.872. The summed E-state index contributed by atoms with van der Waals surface area (Å²) in [5.74, 6) is 0.620. The number of methoxy groups -OCH3 is 1. The van der Waals surface area contributed by atoms with Crippen LogP contribution in [0.1, 0.15) is 32.8 Å². The Labute approximate surface area is 132 Å². The van der Waals surface area contributed by atoms with Gasteiger partial charge in [0.05, 0.1) is 7.11 Å². The molecule has 5 heteroatoms. The molecule has 1 fully saturated rings. The second-order valence-corrected chi connectivity index (χ2v) is 6.23. The molecule has 1 aromatic carbocycles. The zero-order valence-corrected chi connectivity index (χ0v) is 13.8. The summed E-state index contributed by atoms with van der Waals surface area (Å²) < 4.78 is 10.6. The van der Waals surface area contributed by atoms with E-state index in [2.05, 4.69) is 38.2 Å². The van der Waals surface area contributed by atoms with Gasteiger partial charge in [-0.05, 0) is 23.1 Å². The first-order valence-corrected chi connectivity index (χ1v) is 6.98. The number of halogens is 1. The summed E-state index contributed by atoms with van der Waals surface area (Å²) in [5, 5.41) is 3.11. The van der Waals surface area contributed by atoms with Crippen molar-refractivity contribution in [2.45, 2.75) is 44.8 Å². The number of carbonyl (C=O) groups is 1. The van der Waals surface area contributed by atoms with E-state index in [9.17, 15) is 4.79 Å². The van der Waals surface area contributed by atoms with Crippen LogP contribution in [-0.4, -0.2) is 31.8 Å². The van der Waals surface area contributed by atoms with E-state index < -0.39 is 0 Å². The lowest BCUT2D eigenvalue weighted by Crippen LogP contribution is -2.31. The highest BCUT2D eigenvalue weighted by Gasteiger charge is 2.31. The van der Waals surface area contributed by atoms with Gasteiger partial charge in [0.25, 0.3) is 0 Å². The van der Waals surface area contributed by atoms with E-state index >= 15 is 0 Å². The number of ether oxygens (including phenoxy) is 2. The van der Waals surface area contributed by atoms with Crippen LogP contribution in [0.3, 0.4) is 0 Å². The number of hydrogen-bond acceptors (Lipinski definition) is 4. The Morgan fingerprint density at radius 3 is 2.38 bits per heavy atom. The minimum absolute atomic E-state index is 0. The van der Waals surface area contributed by atoms with Gasteiger partial charge in [-0.3, -0.25) is 4.79 Å². The van der Waals surface area contributed by atoms with Crippen molar-refractivity contribution in [3.63, 3.8) is 0 Å². The van der Waals surface area contributed by atoms with Crippen LogP contribution in [0.4, 0.5) is 0 Å². The standard InChI is InChI=1S/C16H23NO3.ClH/c1-16(2,3)11-5-7-12(8-6-11)20-13-9-14(17-10-13)15(18)19-4;/h5-8,13-14,17H,9-10H2,1-4H3;1H/t13-,14+;/m1./s1. The topological polar surface area (TPSA) is 47.6 Å². The Morgan fingerprint density at radius 1 is 1.24 bits per heavy atom. The molecule has 2 rings (SSSR count). The number of benzene rings is 1. The summed E-state index contributed by atoms with van der Waals surface area (Å²) in [6.45, 7) is 7.22. The maximum Gasteiger partial charge on any atom is 0.323 e. The molecule has 4 nitrogen and oxygen atoms in total. The summed E-state index contributed by atoms with van der Waals surface area (Å²) >= 11 is 0. The SMILES string of the molecule is COC(=O)[C@@H]1C[C@@H](Oc2ccc(C(C)(C)C)cc2)CN1.Cl. The second kappa shape index (κ2) is 7.14. The van der Waals surface area contributed by atoms with Crippen molar-refractivity contribution in [1.82, 2.24) is 5.32 Å². The molecule has 1 saturated heterocycles. The van der Waals surface area contributed by atoms with Crippen molar-refractivity contribution >= 4 is 18.4 Å². The third-order valence-electron chi connectivity index (χ3n) is 3.60. The maximum atomic E-state index is 11.4. The summed E-state index contributed by atoms with van der Waals surface area (Å²) in [5.41, 5.74) is 1.42. The lowest BCUT2D eigenvalue weighted by Gasteiger charge is -2.20. The van der Waals surface area contributed by atoms with Gasteiger partial charge < -0.3 is 14.8 Å². The van der Waals surface area contributed by atoms with Gasteiger partial charge in [-0.1, -0.05) is 32.9 Å².